The van der Waals surface area contributed by atoms with E-state index in [0.29, 0.717) is 23.6 Å². The first-order chi connectivity index (χ1) is 22.3. The molecular weight excluding hydrogens is 602 g/mol. The van der Waals surface area contributed by atoms with Gasteiger partial charge in [0.2, 0.25) is 0 Å². The van der Waals surface area contributed by atoms with Gasteiger partial charge in [-0.05, 0) is 67.9 Å². The summed E-state index contributed by atoms with van der Waals surface area (Å²) in [4.78, 5) is 40.1. The second-order valence-corrected chi connectivity index (χ2v) is 11.8. The van der Waals surface area contributed by atoms with Gasteiger partial charge in [0.25, 0.3) is 5.91 Å². The minimum Gasteiger partial charge on any atom is -0.497 e. The van der Waals surface area contributed by atoms with Crippen LogP contribution in [-0.2, 0) is 9.53 Å². The average Bonchev–Trinajstić information content (AvgIpc) is 3.07. The minimum atomic E-state index is -1.38. The number of aryl methyl sites for hydroxylation is 1. The Kier molecular flexibility index (Phi) is 15.3. The molecule has 3 aromatic carbocycles. The molecule has 3 aromatic rings. The summed E-state index contributed by atoms with van der Waals surface area (Å²) in [5.41, 5.74) is 2.58. The fourth-order valence-electron chi connectivity index (χ4n) is 5.05. The number of nitrogens with one attached hydrogen (secondary N) is 3. The zero-order chi connectivity index (χ0) is 33.3. The SMILES string of the molecule is CCCCCCCCCCCCOC(=O)c1ccc(Cl)c(NC(=O)C(Nc2ccc(C)cc2C=N)C(=O)c2ccc(OC)cc2)c1. The summed E-state index contributed by atoms with van der Waals surface area (Å²) in [5.74, 6) is -1.13. The fraction of sp³-hybridized carbons (Fsp3) is 0.405. The summed E-state index contributed by atoms with van der Waals surface area (Å²) >= 11 is 6.41. The molecule has 1 atom stereocenters. The third kappa shape index (κ3) is 11.3. The zero-order valence-corrected chi connectivity index (χ0v) is 27.9. The molecule has 0 aliphatic rings. The van der Waals surface area contributed by atoms with Crippen molar-refractivity contribution in [3.05, 3.63) is 87.9 Å². The van der Waals surface area contributed by atoms with Crippen molar-refractivity contribution >= 4 is 46.9 Å². The quantitative estimate of drug-likeness (QED) is 0.0370. The van der Waals surface area contributed by atoms with E-state index in [-0.39, 0.29) is 21.8 Å². The third-order valence-corrected chi connectivity index (χ3v) is 8.08. The predicted molar refractivity (Wildman–Crippen MR) is 186 cm³/mol. The molecular formula is C37H46ClN3O5. The number of rotatable bonds is 20. The van der Waals surface area contributed by atoms with E-state index in [1.807, 2.05) is 13.0 Å². The Morgan fingerprint density at radius 1 is 0.826 bits per heavy atom. The van der Waals surface area contributed by atoms with Crippen molar-refractivity contribution < 1.29 is 23.9 Å². The molecule has 0 fully saturated rings. The van der Waals surface area contributed by atoms with Crippen molar-refractivity contribution in [3.63, 3.8) is 0 Å². The van der Waals surface area contributed by atoms with Gasteiger partial charge >= 0.3 is 5.97 Å². The molecule has 8 nitrogen and oxygen atoms in total. The van der Waals surface area contributed by atoms with Gasteiger partial charge in [-0.1, -0.05) is 87.9 Å². The topological polar surface area (TPSA) is 118 Å². The number of carbonyl (C=O) groups excluding carboxylic acids is 3. The van der Waals surface area contributed by atoms with E-state index in [0.717, 1.165) is 31.0 Å². The molecule has 0 aliphatic heterocycles. The number of anilines is 2. The van der Waals surface area contributed by atoms with Gasteiger partial charge in [0.05, 0.1) is 30.0 Å². The summed E-state index contributed by atoms with van der Waals surface area (Å²) in [7, 11) is 1.52. The van der Waals surface area contributed by atoms with Crippen LogP contribution >= 0.6 is 11.6 Å². The van der Waals surface area contributed by atoms with Crippen LogP contribution in [-0.4, -0.2) is 43.6 Å². The van der Waals surface area contributed by atoms with Crippen molar-refractivity contribution in [3.8, 4) is 5.75 Å². The fourth-order valence-corrected chi connectivity index (χ4v) is 5.22. The van der Waals surface area contributed by atoms with Crippen LogP contribution in [0.15, 0.2) is 60.7 Å². The van der Waals surface area contributed by atoms with Gasteiger partial charge in [0, 0.05) is 23.0 Å². The molecule has 1 amide bonds. The van der Waals surface area contributed by atoms with E-state index >= 15 is 0 Å². The lowest BCUT2D eigenvalue weighted by Gasteiger charge is -2.21. The second kappa shape index (κ2) is 19.4. The first-order valence-corrected chi connectivity index (χ1v) is 16.5. The highest BCUT2D eigenvalue weighted by molar-refractivity contribution is 6.34. The lowest BCUT2D eigenvalue weighted by molar-refractivity contribution is -0.116. The molecule has 0 saturated carbocycles. The molecule has 3 rings (SSSR count). The monoisotopic (exact) mass is 647 g/mol. The van der Waals surface area contributed by atoms with Crippen molar-refractivity contribution in [2.75, 3.05) is 24.4 Å². The molecule has 1 unspecified atom stereocenters. The number of hydrogen-bond donors (Lipinski definition) is 3. The lowest BCUT2D eigenvalue weighted by atomic mass is 10.0. The van der Waals surface area contributed by atoms with Crippen LogP contribution in [0.4, 0.5) is 11.4 Å². The van der Waals surface area contributed by atoms with Crippen LogP contribution < -0.4 is 15.4 Å². The van der Waals surface area contributed by atoms with Crippen molar-refractivity contribution in [2.24, 2.45) is 0 Å². The first-order valence-electron chi connectivity index (χ1n) is 16.1. The van der Waals surface area contributed by atoms with Gasteiger partial charge in [0.15, 0.2) is 11.8 Å². The number of hydrogen-bond acceptors (Lipinski definition) is 7. The Morgan fingerprint density at radius 3 is 2.09 bits per heavy atom. The molecule has 3 N–H and O–H groups in total. The van der Waals surface area contributed by atoms with Crippen molar-refractivity contribution in [1.82, 2.24) is 0 Å². The number of esters is 1. The van der Waals surface area contributed by atoms with Gasteiger partial charge in [0.1, 0.15) is 5.75 Å². The highest BCUT2D eigenvalue weighted by Gasteiger charge is 2.29. The Hall–Kier alpha value is -4.17. The summed E-state index contributed by atoms with van der Waals surface area (Å²) in [6.45, 7) is 4.43. The van der Waals surface area contributed by atoms with Crippen molar-refractivity contribution in [2.45, 2.75) is 84.1 Å². The molecule has 0 spiro atoms. The van der Waals surface area contributed by atoms with Gasteiger partial charge in [-0.3, -0.25) is 9.59 Å². The number of benzene rings is 3. The van der Waals surface area contributed by atoms with E-state index in [4.69, 9.17) is 26.5 Å². The molecule has 0 radical (unpaired) electrons. The normalized spacial score (nSPS) is 11.4. The molecule has 9 heteroatoms. The van der Waals surface area contributed by atoms with Gasteiger partial charge in [-0.2, -0.15) is 0 Å². The minimum absolute atomic E-state index is 0.172. The first kappa shape index (κ1) is 36.3. The Bertz CT molecular complexity index is 1460. The van der Waals surface area contributed by atoms with E-state index in [1.54, 1.807) is 42.5 Å². The smallest absolute Gasteiger partial charge is 0.338 e. The number of methoxy groups -OCH3 is 1. The highest BCUT2D eigenvalue weighted by atomic mass is 35.5. The van der Waals surface area contributed by atoms with Crippen LogP contribution in [0, 0.1) is 12.3 Å². The highest BCUT2D eigenvalue weighted by Crippen LogP contribution is 2.26. The van der Waals surface area contributed by atoms with Crippen LogP contribution in [0.1, 0.15) is 103 Å². The number of carbonyl (C=O) groups is 3. The van der Waals surface area contributed by atoms with Gasteiger partial charge in [-0.25, -0.2) is 4.79 Å². The maximum absolute atomic E-state index is 13.7. The zero-order valence-electron chi connectivity index (χ0n) is 27.1. The number of ether oxygens (including phenoxy) is 2. The van der Waals surface area contributed by atoms with E-state index in [1.165, 1.54) is 64.2 Å². The lowest BCUT2D eigenvalue weighted by Crippen LogP contribution is -2.41. The number of unbranched alkanes of at least 4 members (excludes halogenated alkanes) is 9. The number of halogens is 1. The second-order valence-electron chi connectivity index (χ2n) is 11.4. The Labute approximate surface area is 277 Å². The predicted octanol–water partition coefficient (Wildman–Crippen LogP) is 9.03. The maximum Gasteiger partial charge on any atom is 0.338 e. The number of ketones is 1. The standard InChI is InChI=1S/C37H46ClN3O5/c1-4-5-6-7-8-9-10-11-12-13-22-46-37(44)28-17-20-31(38)33(24-28)41-36(43)34(35(42)27-15-18-30(45-3)19-16-27)40-32-21-14-26(2)23-29(32)25-39/h14-21,23-25,34,39-40H,4-13,22H2,1-3H3,(H,41,43). The third-order valence-electron chi connectivity index (χ3n) is 7.75. The summed E-state index contributed by atoms with van der Waals surface area (Å²) in [6, 6.07) is 14.9. The van der Waals surface area contributed by atoms with Crippen LogP contribution in [0.5, 0.6) is 5.75 Å². The molecule has 0 saturated heterocycles. The van der Waals surface area contributed by atoms with Crippen molar-refractivity contribution in [1.29, 1.82) is 5.41 Å². The van der Waals surface area contributed by atoms with E-state index in [2.05, 4.69) is 17.6 Å². The molecule has 0 aromatic heterocycles. The number of Topliss-reactive ketones (excluding diaryl/α,β-unsaturated/α-hetero) is 1. The van der Waals surface area contributed by atoms with E-state index < -0.39 is 23.7 Å². The van der Waals surface area contributed by atoms with Crippen LogP contribution in [0.2, 0.25) is 5.02 Å². The molecule has 0 aliphatic carbocycles. The van der Waals surface area contributed by atoms with Crippen LogP contribution in [0.3, 0.4) is 0 Å². The van der Waals surface area contributed by atoms with Gasteiger partial charge < -0.3 is 25.5 Å². The molecule has 0 bridgehead atoms. The molecule has 246 valence electrons. The molecule has 46 heavy (non-hydrogen) atoms. The van der Waals surface area contributed by atoms with E-state index in [9.17, 15) is 14.4 Å². The summed E-state index contributed by atoms with van der Waals surface area (Å²) < 4.78 is 10.7. The maximum atomic E-state index is 13.7. The largest absolute Gasteiger partial charge is 0.497 e. The Balaban J connectivity index is 1.65. The van der Waals surface area contributed by atoms with Gasteiger partial charge in [-0.15, -0.1) is 0 Å². The summed E-state index contributed by atoms with van der Waals surface area (Å²) in [6.07, 6.45) is 13.0. The Morgan fingerprint density at radius 2 is 1.46 bits per heavy atom. The van der Waals surface area contributed by atoms with Crippen LogP contribution in [0.25, 0.3) is 0 Å². The number of amides is 1. The average molecular weight is 648 g/mol. The summed E-state index contributed by atoms with van der Waals surface area (Å²) in [5, 5.41) is 13.7. The molecule has 0 heterocycles.